The summed E-state index contributed by atoms with van der Waals surface area (Å²) >= 11 is 3.61. The summed E-state index contributed by atoms with van der Waals surface area (Å²) in [6.07, 6.45) is 4.98. The maximum Gasteiger partial charge on any atom is 0.410 e. The maximum atomic E-state index is 13.5. The van der Waals surface area contributed by atoms with Gasteiger partial charge in [0.05, 0.1) is 5.69 Å². The number of piperidine rings is 1. The molecule has 168 valence electrons. The van der Waals surface area contributed by atoms with Crippen molar-refractivity contribution in [3.8, 4) is 22.4 Å². The molecule has 0 saturated carbocycles. The zero-order chi connectivity index (χ0) is 22.9. The molecule has 7 heteroatoms. The Kier molecular flexibility index (Phi) is 6.38. The molecule has 1 amide bonds. The third-order valence-corrected chi connectivity index (χ3v) is 6.25. The quantitative estimate of drug-likeness (QED) is 0.432. The first kappa shape index (κ1) is 22.5. The number of nitrogens with one attached hydrogen (secondary N) is 1. The molecule has 1 fully saturated rings. The van der Waals surface area contributed by atoms with E-state index in [9.17, 15) is 9.18 Å². The van der Waals surface area contributed by atoms with Crippen molar-refractivity contribution < 1.29 is 13.9 Å². The van der Waals surface area contributed by atoms with Crippen molar-refractivity contribution in [3.05, 3.63) is 64.8 Å². The van der Waals surface area contributed by atoms with E-state index >= 15 is 0 Å². The molecule has 1 saturated heterocycles. The Labute approximate surface area is 196 Å². The lowest BCUT2D eigenvalue weighted by Gasteiger charge is -2.33. The van der Waals surface area contributed by atoms with Crippen LogP contribution in [0.15, 0.2) is 53.3 Å². The highest BCUT2D eigenvalue weighted by molar-refractivity contribution is 9.10. The Morgan fingerprint density at radius 3 is 2.47 bits per heavy atom. The second-order valence-corrected chi connectivity index (χ2v) is 9.97. The molecule has 2 aromatic heterocycles. The van der Waals surface area contributed by atoms with E-state index in [0.717, 1.165) is 45.4 Å². The molecule has 0 radical (unpaired) electrons. The predicted molar refractivity (Wildman–Crippen MR) is 127 cm³/mol. The minimum absolute atomic E-state index is 0.254. The predicted octanol–water partition coefficient (Wildman–Crippen LogP) is 6.76. The summed E-state index contributed by atoms with van der Waals surface area (Å²) in [7, 11) is 0. The van der Waals surface area contributed by atoms with E-state index in [0.29, 0.717) is 19.0 Å². The summed E-state index contributed by atoms with van der Waals surface area (Å²) in [6, 6.07) is 10.7. The number of halogens is 2. The Hall–Kier alpha value is -2.67. The fraction of sp³-hybridized carbons (Fsp3) is 0.360. The fourth-order valence-corrected chi connectivity index (χ4v) is 4.51. The lowest BCUT2D eigenvalue weighted by atomic mass is 9.93. The lowest BCUT2D eigenvalue weighted by molar-refractivity contribution is 0.0204. The first-order valence-electron chi connectivity index (χ1n) is 10.8. The second kappa shape index (κ2) is 9.06. The Morgan fingerprint density at radius 2 is 1.84 bits per heavy atom. The Bertz CT molecular complexity index is 1100. The van der Waals surface area contributed by atoms with Gasteiger partial charge in [-0.3, -0.25) is 4.98 Å². The van der Waals surface area contributed by atoms with Gasteiger partial charge in [0.15, 0.2) is 0 Å². The Morgan fingerprint density at radius 1 is 1.16 bits per heavy atom. The summed E-state index contributed by atoms with van der Waals surface area (Å²) < 4.78 is 19.9. The minimum Gasteiger partial charge on any atom is -0.444 e. The van der Waals surface area contributed by atoms with Gasteiger partial charge in [-0.15, -0.1) is 0 Å². The van der Waals surface area contributed by atoms with Crippen LogP contribution in [0.25, 0.3) is 22.4 Å². The smallest absolute Gasteiger partial charge is 0.410 e. The molecule has 5 nitrogen and oxygen atoms in total. The third kappa shape index (κ3) is 5.04. The average molecular weight is 500 g/mol. The molecular formula is C25H27BrFN3O2. The average Bonchev–Trinajstić information content (AvgIpc) is 3.19. The largest absolute Gasteiger partial charge is 0.444 e. The number of ether oxygens (including phenoxy) is 1. The molecule has 1 aromatic carbocycles. The topological polar surface area (TPSA) is 58.2 Å². The number of amides is 1. The molecule has 0 bridgehead atoms. The third-order valence-electron chi connectivity index (χ3n) is 5.62. The highest BCUT2D eigenvalue weighted by atomic mass is 79.9. The molecule has 1 aliphatic rings. The number of aromatic nitrogens is 2. The standard InChI is InChI=1S/C25H27BrFN3O2/c1-25(2,3)32-24(31)30-12-9-16(10-13-30)22-14-20(19-8-11-28-15-21(19)26)23(29-22)17-4-6-18(27)7-5-17/h4-8,11,14-16,29H,9-10,12-13H2,1-3H3. The molecule has 32 heavy (non-hydrogen) atoms. The van der Waals surface area contributed by atoms with E-state index in [1.165, 1.54) is 12.1 Å². The number of benzene rings is 1. The van der Waals surface area contributed by atoms with E-state index in [2.05, 4.69) is 32.0 Å². The monoisotopic (exact) mass is 499 g/mol. The van der Waals surface area contributed by atoms with Crippen molar-refractivity contribution in [3.63, 3.8) is 0 Å². The lowest BCUT2D eigenvalue weighted by Crippen LogP contribution is -2.41. The Balaban J connectivity index is 1.61. The maximum absolute atomic E-state index is 13.5. The molecular weight excluding hydrogens is 473 g/mol. The molecule has 0 aliphatic carbocycles. The normalized spacial score (nSPS) is 15.1. The van der Waals surface area contributed by atoms with Gasteiger partial charge in [-0.2, -0.15) is 0 Å². The van der Waals surface area contributed by atoms with Crippen LogP contribution in [0.1, 0.15) is 45.2 Å². The number of rotatable bonds is 3. The molecule has 0 unspecified atom stereocenters. The number of pyridine rings is 1. The van der Waals surface area contributed by atoms with E-state index < -0.39 is 5.60 Å². The highest BCUT2D eigenvalue weighted by Crippen LogP contribution is 2.39. The van der Waals surface area contributed by atoms with Gasteiger partial charge in [0, 0.05) is 52.7 Å². The number of carbonyl (C=O) groups is 1. The molecule has 0 atom stereocenters. The molecule has 1 N–H and O–H groups in total. The second-order valence-electron chi connectivity index (χ2n) is 9.12. The van der Waals surface area contributed by atoms with Gasteiger partial charge in [0.1, 0.15) is 11.4 Å². The summed E-state index contributed by atoms with van der Waals surface area (Å²) in [6.45, 7) is 6.95. The van der Waals surface area contributed by atoms with E-state index in [-0.39, 0.29) is 11.9 Å². The molecule has 4 rings (SSSR count). The summed E-state index contributed by atoms with van der Waals surface area (Å²) in [4.78, 5) is 22.0. The number of H-pyrrole nitrogens is 1. The van der Waals surface area contributed by atoms with Crippen LogP contribution >= 0.6 is 15.9 Å². The number of carbonyl (C=O) groups excluding carboxylic acids is 1. The summed E-state index contributed by atoms with van der Waals surface area (Å²) in [5, 5.41) is 0. The van der Waals surface area contributed by atoms with Gasteiger partial charge in [-0.05, 0) is 91.5 Å². The number of aromatic amines is 1. The van der Waals surface area contributed by atoms with Crippen molar-refractivity contribution in [2.75, 3.05) is 13.1 Å². The summed E-state index contributed by atoms with van der Waals surface area (Å²) in [5.74, 6) is 0.0314. The van der Waals surface area contributed by atoms with Gasteiger partial charge in [0.25, 0.3) is 0 Å². The van der Waals surface area contributed by atoms with Crippen LogP contribution < -0.4 is 0 Å². The number of hydrogen-bond acceptors (Lipinski definition) is 3. The van der Waals surface area contributed by atoms with Crippen LogP contribution in [0.3, 0.4) is 0 Å². The van der Waals surface area contributed by atoms with Crippen molar-refractivity contribution in [1.29, 1.82) is 0 Å². The van der Waals surface area contributed by atoms with Gasteiger partial charge < -0.3 is 14.6 Å². The molecule has 3 aromatic rings. The van der Waals surface area contributed by atoms with E-state index in [1.54, 1.807) is 29.4 Å². The van der Waals surface area contributed by atoms with Crippen LogP contribution in [0, 0.1) is 5.82 Å². The van der Waals surface area contributed by atoms with Crippen LogP contribution in [0.5, 0.6) is 0 Å². The SMILES string of the molecule is CC(C)(C)OC(=O)N1CCC(c2cc(-c3ccncc3Br)c(-c3ccc(F)cc3)[nH]2)CC1. The molecule has 1 aliphatic heterocycles. The van der Waals surface area contributed by atoms with Gasteiger partial charge in [-0.1, -0.05) is 0 Å². The summed E-state index contributed by atoms with van der Waals surface area (Å²) in [5.41, 5.74) is 4.55. The van der Waals surface area contributed by atoms with Crippen molar-refractivity contribution in [2.45, 2.75) is 45.1 Å². The number of likely N-dealkylation sites (tertiary alicyclic amines) is 1. The van der Waals surface area contributed by atoms with Crippen LogP contribution in [-0.4, -0.2) is 39.7 Å². The highest BCUT2D eigenvalue weighted by Gasteiger charge is 2.29. The van der Waals surface area contributed by atoms with E-state index in [1.807, 2.05) is 26.8 Å². The number of hydrogen-bond donors (Lipinski definition) is 1. The van der Waals surface area contributed by atoms with Gasteiger partial charge in [-0.25, -0.2) is 9.18 Å². The minimum atomic E-state index is -0.496. The van der Waals surface area contributed by atoms with Crippen molar-refractivity contribution in [1.82, 2.24) is 14.9 Å². The van der Waals surface area contributed by atoms with E-state index in [4.69, 9.17) is 4.74 Å². The zero-order valence-electron chi connectivity index (χ0n) is 18.5. The van der Waals surface area contributed by atoms with Gasteiger partial charge >= 0.3 is 6.09 Å². The van der Waals surface area contributed by atoms with Crippen LogP contribution in [-0.2, 0) is 4.74 Å². The zero-order valence-corrected chi connectivity index (χ0v) is 20.1. The van der Waals surface area contributed by atoms with Crippen molar-refractivity contribution in [2.24, 2.45) is 0 Å². The van der Waals surface area contributed by atoms with Crippen LogP contribution in [0.2, 0.25) is 0 Å². The molecule has 0 spiro atoms. The van der Waals surface area contributed by atoms with Crippen molar-refractivity contribution >= 4 is 22.0 Å². The number of nitrogens with zero attached hydrogens (tertiary/aromatic N) is 2. The van der Waals surface area contributed by atoms with Gasteiger partial charge in [0.2, 0.25) is 0 Å². The first-order chi connectivity index (χ1) is 15.2. The molecule has 3 heterocycles. The van der Waals surface area contributed by atoms with Crippen LogP contribution in [0.4, 0.5) is 9.18 Å². The fourth-order valence-electron chi connectivity index (χ4n) is 4.05. The first-order valence-corrected chi connectivity index (χ1v) is 11.6.